The molecule has 0 spiro atoms. The largest absolute Gasteiger partial charge is 0.508 e. The molecule has 2 nitrogen and oxygen atoms in total. The second-order valence-electron chi connectivity index (χ2n) is 8.79. The zero-order valence-electron chi connectivity index (χ0n) is 16.3. The van der Waals surface area contributed by atoms with E-state index in [2.05, 4.69) is 60.7 Å². The van der Waals surface area contributed by atoms with E-state index < -0.39 is 0 Å². The van der Waals surface area contributed by atoms with E-state index in [1.54, 1.807) is 0 Å². The van der Waals surface area contributed by atoms with E-state index in [-0.39, 0.29) is 23.7 Å². The highest BCUT2D eigenvalue weighted by Crippen LogP contribution is 2.64. The van der Waals surface area contributed by atoms with Crippen molar-refractivity contribution in [2.45, 2.75) is 23.7 Å². The van der Waals surface area contributed by atoms with Gasteiger partial charge in [-0.15, -0.1) is 0 Å². The normalized spacial score (nSPS) is 24.3. The topological polar surface area (TPSA) is 40.5 Å². The van der Waals surface area contributed by atoms with Crippen molar-refractivity contribution < 1.29 is 10.2 Å². The third kappa shape index (κ3) is 1.89. The Hall–Kier alpha value is -3.52. The van der Waals surface area contributed by atoms with Crippen molar-refractivity contribution in [3.8, 4) is 11.5 Å². The predicted octanol–water partition coefficient (Wildman–Crippen LogP) is 5.97. The monoisotopic (exact) mass is 388 g/mol. The van der Waals surface area contributed by atoms with Crippen molar-refractivity contribution in [2.24, 2.45) is 0 Å². The van der Waals surface area contributed by atoms with E-state index in [1.807, 2.05) is 24.3 Å². The zero-order valence-corrected chi connectivity index (χ0v) is 16.3. The average molecular weight is 388 g/mol. The molecule has 6 aliphatic carbocycles. The molecule has 0 unspecified atom stereocenters. The van der Waals surface area contributed by atoms with Gasteiger partial charge in [-0.2, -0.15) is 0 Å². The molecule has 2 N–H and O–H groups in total. The van der Waals surface area contributed by atoms with Crippen LogP contribution in [-0.2, 0) is 0 Å². The first-order valence-corrected chi connectivity index (χ1v) is 10.6. The van der Waals surface area contributed by atoms with Gasteiger partial charge in [0.2, 0.25) is 0 Å². The van der Waals surface area contributed by atoms with E-state index in [0.29, 0.717) is 11.5 Å². The number of benzene rings is 4. The van der Waals surface area contributed by atoms with Gasteiger partial charge in [0.15, 0.2) is 0 Å². The number of phenols is 2. The van der Waals surface area contributed by atoms with Crippen LogP contribution in [0.5, 0.6) is 11.5 Å². The lowest BCUT2D eigenvalue weighted by molar-refractivity contribution is 0.464. The van der Waals surface area contributed by atoms with E-state index in [1.165, 1.54) is 44.5 Å². The third-order valence-corrected chi connectivity index (χ3v) is 7.48. The number of aromatic hydroxyl groups is 2. The third-order valence-electron chi connectivity index (χ3n) is 7.48. The summed E-state index contributed by atoms with van der Waals surface area (Å²) in [4.78, 5) is 0. The van der Waals surface area contributed by atoms with Gasteiger partial charge in [-0.05, 0) is 68.8 Å². The van der Waals surface area contributed by atoms with Gasteiger partial charge in [0.05, 0.1) is 0 Å². The molecule has 0 fully saturated rings. The molecule has 30 heavy (non-hydrogen) atoms. The first-order valence-electron chi connectivity index (χ1n) is 10.6. The van der Waals surface area contributed by atoms with Gasteiger partial charge in [0.25, 0.3) is 0 Å². The molecule has 144 valence electrons. The minimum absolute atomic E-state index is 0.130. The van der Waals surface area contributed by atoms with Crippen LogP contribution >= 0.6 is 0 Å². The predicted molar refractivity (Wildman–Crippen MR) is 116 cm³/mol. The smallest absolute Gasteiger partial charge is 0.115 e. The molecule has 4 aromatic rings. The van der Waals surface area contributed by atoms with Crippen molar-refractivity contribution in [1.82, 2.24) is 0 Å². The molecule has 2 heteroatoms. The highest BCUT2D eigenvalue weighted by atomic mass is 16.3. The molecular formula is C28H20O2. The number of hydrogen-bond donors (Lipinski definition) is 2. The maximum Gasteiger partial charge on any atom is 0.115 e. The quantitative estimate of drug-likeness (QED) is 0.390. The minimum atomic E-state index is 0.130. The van der Waals surface area contributed by atoms with Crippen LogP contribution in [0.3, 0.4) is 0 Å². The highest BCUT2D eigenvalue weighted by Gasteiger charge is 2.49. The van der Waals surface area contributed by atoms with Gasteiger partial charge in [0.1, 0.15) is 11.5 Å². The molecule has 0 heterocycles. The number of hydrogen-bond acceptors (Lipinski definition) is 2. The summed E-state index contributed by atoms with van der Waals surface area (Å²) < 4.78 is 0. The zero-order chi connectivity index (χ0) is 20.0. The molecule has 0 radical (unpaired) electrons. The Morgan fingerprint density at radius 3 is 1.03 bits per heavy atom. The Kier molecular flexibility index (Phi) is 3.01. The van der Waals surface area contributed by atoms with Gasteiger partial charge < -0.3 is 10.2 Å². The summed E-state index contributed by atoms with van der Waals surface area (Å²) >= 11 is 0. The molecule has 0 amide bonds. The molecule has 0 saturated carbocycles. The number of rotatable bonds is 0. The van der Waals surface area contributed by atoms with Crippen LogP contribution in [0.25, 0.3) is 0 Å². The summed E-state index contributed by atoms with van der Waals surface area (Å²) in [5, 5.41) is 20.8. The van der Waals surface area contributed by atoms with Gasteiger partial charge >= 0.3 is 0 Å². The summed E-state index contributed by atoms with van der Waals surface area (Å²) in [7, 11) is 0. The van der Waals surface area contributed by atoms with Crippen LogP contribution in [0.1, 0.15) is 68.2 Å². The Labute approximate surface area is 175 Å². The minimum Gasteiger partial charge on any atom is -0.508 e. The van der Waals surface area contributed by atoms with Gasteiger partial charge in [-0.25, -0.2) is 0 Å². The van der Waals surface area contributed by atoms with E-state index >= 15 is 0 Å². The van der Waals surface area contributed by atoms with Crippen LogP contribution in [-0.4, -0.2) is 10.2 Å². The van der Waals surface area contributed by atoms with Crippen LogP contribution in [0.15, 0.2) is 84.9 Å². The summed E-state index contributed by atoms with van der Waals surface area (Å²) in [6, 6.07) is 29.5. The molecule has 0 aromatic heterocycles. The molecule has 10 rings (SSSR count). The molecule has 4 atom stereocenters. The fourth-order valence-corrected chi connectivity index (χ4v) is 6.49. The Morgan fingerprint density at radius 2 is 0.667 bits per heavy atom. The van der Waals surface area contributed by atoms with Crippen LogP contribution in [0.4, 0.5) is 0 Å². The van der Waals surface area contributed by atoms with Crippen molar-refractivity contribution in [2.75, 3.05) is 0 Å². The van der Waals surface area contributed by atoms with Crippen molar-refractivity contribution >= 4 is 0 Å². The van der Waals surface area contributed by atoms with E-state index in [9.17, 15) is 10.2 Å². The molecular weight excluding hydrogens is 368 g/mol. The molecule has 0 aliphatic heterocycles. The summed E-state index contributed by atoms with van der Waals surface area (Å²) in [5.41, 5.74) is 10.6. The standard InChI is InChI=1S/C28H20O2/c29-15-9-11-21-23(13-15)27-19-7-3-1-5-17(19)25(21)28-20-8-4-2-6-18(20)26(27)22-12-10-16(30)14-24(22)28/h1-14,25-30H/t25-,26+,27+,28-. The van der Waals surface area contributed by atoms with Crippen molar-refractivity contribution in [1.29, 1.82) is 0 Å². The maximum atomic E-state index is 10.4. The molecule has 4 bridgehead atoms. The lowest BCUT2D eigenvalue weighted by atomic mass is 9.53. The lowest BCUT2D eigenvalue weighted by Gasteiger charge is -2.50. The first kappa shape index (κ1) is 16.3. The molecule has 6 aliphatic rings. The second kappa shape index (κ2) is 5.54. The van der Waals surface area contributed by atoms with Gasteiger partial charge in [0, 0.05) is 23.7 Å². The summed E-state index contributed by atoms with van der Waals surface area (Å²) in [5.74, 6) is 1.21. The first-order chi connectivity index (χ1) is 14.7. The highest BCUT2D eigenvalue weighted by molar-refractivity contribution is 5.68. The fraction of sp³-hybridized carbons (Fsp3) is 0.143. The average Bonchev–Trinajstić information content (AvgIpc) is 2.75. The van der Waals surface area contributed by atoms with Gasteiger partial charge in [-0.1, -0.05) is 60.7 Å². The Morgan fingerprint density at radius 1 is 0.367 bits per heavy atom. The summed E-state index contributed by atoms with van der Waals surface area (Å²) in [6.45, 7) is 0. The van der Waals surface area contributed by atoms with Crippen LogP contribution in [0.2, 0.25) is 0 Å². The van der Waals surface area contributed by atoms with Gasteiger partial charge in [-0.3, -0.25) is 0 Å². The Bertz CT molecular complexity index is 1250. The van der Waals surface area contributed by atoms with Crippen LogP contribution in [0, 0.1) is 0 Å². The van der Waals surface area contributed by atoms with E-state index in [0.717, 1.165) is 0 Å². The fourth-order valence-electron chi connectivity index (χ4n) is 6.49. The second-order valence-corrected chi connectivity index (χ2v) is 8.79. The maximum absolute atomic E-state index is 10.4. The SMILES string of the molecule is Oc1ccc2c(c1)[C@H]1c3ccccc3[C@@H]2[C@H]2c3ccccc3[C@@H]1c1ccc(O)cc12. The molecule has 4 aromatic carbocycles. The van der Waals surface area contributed by atoms with Crippen molar-refractivity contribution in [3.05, 3.63) is 129 Å². The summed E-state index contributed by atoms with van der Waals surface area (Å²) in [6.07, 6.45) is 0. The van der Waals surface area contributed by atoms with Crippen LogP contribution < -0.4 is 0 Å². The lowest BCUT2D eigenvalue weighted by Crippen LogP contribution is -2.35. The van der Waals surface area contributed by atoms with Crippen molar-refractivity contribution in [3.63, 3.8) is 0 Å². The Balaban J connectivity index is 1.68. The van der Waals surface area contributed by atoms with E-state index in [4.69, 9.17) is 0 Å². The molecule has 0 saturated heterocycles. The number of phenolic OH excluding ortho intramolecular Hbond substituents is 2.